The SMILES string of the molecule is C[Si](C)(C)c1ccc(-c2[c-]cccc2)nc1.Cc1c[c-]c(-c2nc3ccncc3n2C)c2sc3ccccc3c12.[Ir]. The van der Waals surface area contributed by atoms with Gasteiger partial charge < -0.3 is 9.55 Å². The Morgan fingerprint density at radius 3 is 2.41 bits per heavy atom. The molecule has 41 heavy (non-hydrogen) atoms. The van der Waals surface area contributed by atoms with Crippen LogP contribution < -0.4 is 5.19 Å². The zero-order valence-electron chi connectivity index (χ0n) is 23.7. The molecule has 0 fully saturated rings. The molecule has 0 atom stereocenters. The van der Waals surface area contributed by atoms with E-state index in [1.807, 2.05) is 61.1 Å². The van der Waals surface area contributed by atoms with Gasteiger partial charge in [-0.15, -0.1) is 53.6 Å². The summed E-state index contributed by atoms with van der Waals surface area (Å²) in [6, 6.07) is 31.5. The van der Waals surface area contributed by atoms with Crippen LogP contribution in [0.3, 0.4) is 0 Å². The predicted molar refractivity (Wildman–Crippen MR) is 172 cm³/mol. The van der Waals surface area contributed by atoms with Crippen LogP contribution in [0.25, 0.3) is 53.9 Å². The molecule has 0 bridgehead atoms. The van der Waals surface area contributed by atoms with E-state index < -0.39 is 8.07 Å². The Bertz CT molecular complexity index is 1960. The molecular formula is C34H30IrN4SSi-2. The van der Waals surface area contributed by atoms with Crippen molar-refractivity contribution in [1.82, 2.24) is 19.5 Å². The maximum absolute atomic E-state index is 4.83. The summed E-state index contributed by atoms with van der Waals surface area (Å²) in [6.45, 7) is 9.15. The third kappa shape index (κ3) is 5.68. The molecule has 0 aliphatic rings. The fourth-order valence-corrected chi connectivity index (χ4v) is 7.21. The van der Waals surface area contributed by atoms with Crippen molar-refractivity contribution in [2.24, 2.45) is 7.05 Å². The van der Waals surface area contributed by atoms with Gasteiger partial charge in [0.05, 0.1) is 31.1 Å². The third-order valence-corrected chi connectivity index (χ3v) is 10.4. The molecule has 4 heterocycles. The average molecular weight is 747 g/mol. The molecule has 1 radical (unpaired) electrons. The summed E-state index contributed by atoms with van der Waals surface area (Å²) in [6.07, 6.45) is 5.66. The summed E-state index contributed by atoms with van der Waals surface area (Å²) in [4.78, 5) is 13.6. The molecule has 4 aromatic heterocycles. The summed E-state index contributed by atoms with van der Waals surface area (Å²) in [5.74, 6) is 0.939. The van der Waals surface area contributed by atoms with Crippen LogP contribution in [0.2, 0.25) is 19.6 Å². The largest absolute Gasteiger partial charge is 0.366 e. The van der Waals surface area contributed by atoms with E-state index in [4.69, 9.17) is 4.98 Å². The van der Waals surface area contributed by atoms with Crippen LogP contribution in [-0.2, 0) is 27.2 Å². The molecule has 0 spiro atoms. The van der Waals surface area contributed by atoms with Gasteiger partial charge in [0.2, 0.25) is 0 Å². The second kappa shape index (κ2) is 11.8. The molecule has 0 aliphatic heterocycles. The van der Waals surface area contributed by atoms with Gasteiger partial charge in [-0.05, 0) is 33.1 Å². The molecule has 0 saturated heterocycles. The maximum atomic E-state index is 4.83. The number of pyridine rings is 2. The zero-order valence-corrected chi connectivity index (χ0v) is 27.9. The van der Waals surface area contributed by atoms with E-state index in [2.05, 4.69) is 95.7 Å². The Morgan fingerprint density at radius 2 is 1.71 bits per heavy atom. The van der Waals surface area contributed by atoms with Crippen LogP contribution >= 0.6 is 11.3 Å². The molecule has 207 valence electrons. The number of rotatable bonds is 3. The zero-order chi connectivity index (χ0) is 27.9. The van der Waals surface area contributed by atoms with E-state index in [0.29, 0.717) is 0 Å². The molecule has 7 heteroatoms. The fraction of sp³-hybridized carbons (Fsp3) is 0.147. The molecule has 0 aliphatic carbocycles. The van der Waals surface area contributed by atoms with Crippen molar-refractivity contribution in [1.29, 1.82) is 0 Å². The van der Waals surface area contributed by atoms with Crippen molar-refractivity contribution in [3.63, 3.8) is 0 Å². The van der Waals surface area contributed by atoms with Crippen LogP contribution in [0.15, 0.2) is 91.4 Å². The Kier molecular flexibility index (Phi) is 8.34. The van der Waals surface area contributed by atoms with Gasteiger partial charge in [-0.1, -0.05) is 67.8 Å². The summed E-state index contributed by atoms with van der Waals surface area (Å²) in [5, 5.41) is 4.02. The molecular weight excluding hydrogens is 717 g/mol. The van der Waals surface area contributed by atoms with Crippen molar-refractivity contribution in [3.8, 4) is 22.6 Å². The van der Waals surface area contributed by atoms with Crippen LogP contribution in [0.4, 0.5) is 0 Å². The van der Waals surface area contributed by atoms with Gasteiger partial charge in [0.15, 0.2) is 0 Å². The average Bonchev–Trinajstić information content (AvgIpc) is 3.53. The first-order valence-electron chi connectivity index (χ1n) is 13.3. The number of aromatic nitrogens is 4. The Morgan fingerprint density at radius 1 is 0.902 bits per heavy atom. The van der Waals surface area contributed by atoms with Crippen molar-refractivity contribution >= 4 is 55.8 Å². The first kappa shape index (κ1) is 29.0. The number of hydrogen-bond donors (Lipinski definition) is 0. The maximum Gasteiger partial charge on any atom is 0.0801 e. The number of benzene rings is 3. The number of fused-ring (bicyclic) bond motifs is 4. The Labute approximate surface area is 259 Å². The van der Waals surface area contributed by atoms with Crippen molar-refractivity contribution in [2.45, 2.75) is 26.6 Å². The van der Waals surface area contributed by atoms with Crippen LogP contribution in [0, 0.1) is 19.1 Å². The minimum absolute atomic E-state index is 0. The van der Waals surface area contributed by atoms with Crippen LogP contribution in [-0.4, -0.2) is 27.6 Å². The smallest absolute Gasteiger partial charge is 0.0801 e. The monoisotopic (exact) mass is 747 g/mol. The van der Waals surface area contributed by atoms with Gasteiger partial charge in [0, 0.05) is 44.2 Å². The van der Waals surface area contributed by atoms with Gasteiger partial charge in [-0.25, -0.2) is 0 Å². The molecule has 3 aromatic carbocycles. The number of aryl methyl sites for hydroxylation is 2. The first-order chi connectivity index (χ1) is 19.3. The van der Waals surface area contributed by atoms with E-state index in [1.165, 1.54) is 30.9 Å². The van der Waals surface area contributed by atoms with Crippen molar-refractivity contribution in [2.75, 3.05) is 0 Å². The van der Waals surface area contributed by atoms with Gasteiger partial charge in [0.1, 0.15) is 0 Å². The van der Waals surface area contributed by atoms with Crippen LogP contribution in [0.1, 0.15) is 5.56 Å². The van der Waals surface area contributed by atoms with Crippen molar-refractivity contribution in [3.05, 3.63) is 109 Å². The molecule has 7 rings (SSSR count). The number of imidazole rings is 1. The second-order valence-electron chi connectivity index (χ2n) is 11.0. The molecule has 7 aromatic rings. The molecule has 4 nitrogen and oxygen atoms in total. The number of nitrogens with zero attached hydrogens (tertiary/aromatic N) is 4. The third-order valence-electron chi connectivity index (χ3n) is 7.17. The minimum atomic E-state index is -1.23. The fourth-order valence-electron chi connectivity index (χ4n) is 4.91. The first-order valence-corrected chi connectivity index (χ1v) is 17.7. The van der Waals surface area contributed by atoms with E-state index >= 15 is 0 Å². The standard InChI is InChI=1S/C20H14N3S.C14H16NSi.Ir/c1-12-7-8-14(19-18(12)13-5-3-4-6-17(13)24-19)20-22-15-9-10-21-11-16(15)23(20)2;1-16(2,3)13-9-10-14(15-11-13)12-7-5-4-6-8-12;/h3-7,9-11H,1-2H3;4-7,9-11H,1-3H3;/q2*-1;. The topological polar surface area (TPSA) is 43.6 Å². The predicted octanol–water partition coefficient (Wildman–Crippen LogP) is 8.20. The van der Waals surface area contributed by atoms with Crippen LogP contribution in [0.5, 0.6) is 0 Å². The van der Waals surface area contributed by atoms with Crippen molar-refractivity contribution < 1.29 is 20.1 Å². The summed E-state index contributed by atoms with van der Waals surface area (Å²) < 4.78 is 4.66. The van der Waals surface area contributed by atoms with Gasteiger partial charge in [0.25, 0.3) is 0 Å². The van der Waals surface area contributed by atoms with Gasteiger partial charge >= 0.3 is 0 Å². The Balaban J connectivity index is 0.000000175. The number of thiophene rings is 1. The molecule has 0 N–H and O–H groups in total. The second-order valence-corrected chi connectivity index (χ2v) is 17.1. The molecule has 0 saturated carbocycles. The normalized spacial score (nSPS) is 11.3. The summed E-state index contributed by atoms with van der Waals surface area (Å²) in [5.41, 5.74) is 6.39. The van der Waals surface area contributed by atoms with E-state index in [1.54, 1.807) is 6.20 Å². The molecule has 0 unspecified atom stereocenters. The quantitative estimate of drug-likeness (QED) is 0.135. The number of hydrogen-bond acceptors (Lipinski definition) is 4. The van der Waals surface area contributed by atoms with E-state index in [-0.39, 0.29) is 20.1 Å². The van der Waals surface area contributed by atoms with E-state index in [0.717, 1.165) is 33.7 Å². The minimum Gasteiger partial charge on any atom is -0.366 e. The summed E-state index contributed by atoms with van der Waals surface area (Å²) in [7, 11) is 0.811. The molecule has 0 amide bonds. The van der Waals surface area contributed by atoms with E-state index in [9.17, 15) is 0 Å². The Hall–Kier alpha value is -3.48. The van der Waals surface area contributed by atoms with Gasteiger partial charge in [-0.3, -0.25) is 9.97 Å². The van der Waals surface area contributed by atoms with Gasteiger partial charge in [-0.2, -0.15) is 11.3 Å². The summed E-state index contributed by atoms with van der Waals surface area (Å²) >= 11 is 1.82.